The van der Waals surface area contributed by atoms with Crippen LogP contribution in [0.5, 0.6) is 0 Å². The van der Waals surface area contributed by atoms with E-state index in [0.717, 1.165) is 44.9 Å². The SMILES string of the molecule is O=S(=O)(NCCCCCCl)C1CCCCC1. The first-order valence-electron chi connectivity index (χ1n) is 6.21. The fourth-order valence-electron chi connectivity index (χ4n) is 2.10. The zero-order chi connectivity index (χ0) is 11.9. The molecule has 1 N–H and O–H groups in total. The molecular formula is C11H22ClNO2S. The van der Waals surface area contributed by atoms with Gasteiger partial charge in [-0.2, -0.15) is 0 Å². The van der Waals surface area contributed by atoms with E-state index in [2.05, 4.69) is 4.72 Å². The van der Waals surface area contributed by atoms with E-state index in [-0.39, 0.29) is 5.25 Å². The van der Waals surface area contributed by atoms with Crippen LogP contribution >= 0.6 is 11.6 Å². The second-order valence-electron chi connectivity index (χ2n) is 4.45. The summed E-state index contributed by atoms with van der Waals surface area (Å²) in [5, 5.41) is -0.144. The molecule has 0 heterocycles. The average Bonchev–Trinajstić information content (AvgIpc) is 2.30. The molecule has 0 atom stereocenters. The molecule has 0 aliphatic heterocycles. The Labute approximate surface area is 104 Å². The molecule has 0 radical (unpaired) electrons. The molecule has 0 amide bonds. The summed E-state index contributed by atoms with van der Waals surface area (Å²) in [7, 11) is -3.05. The topological polar surface area (TPSA) is 46.2 Å². The lowest BCUT2D eigenvalue weighted by Crippen LogP contribution is -2.36. The average molecular weight is 268 g/mol. The molecule has 0 bridgehead atoms. The Morgan fingerprint density at radius 3 is 2.38 bits per heavy atom. The lowest BCUT2D eigenvalue weighted by atomic mass is 10.0. The van der Waals surface area contributed by atoms with E-state index >= 15 is 0 Å². The van der Waals surface area contributed by atoms with E-state index in [9.17, 15) is 8.42 Å². The predicted molar refractivity (Wildman–Crippen MR) is 68.4 cm³/mol. The van der Waals surface area contributed by atoms with Crippen molar-refractivity contribution in [3.63, 3.8) is 0 Å². The Morgan fingerprint density at radius 2 is 1.75 bits per heavy atom. The summed E-state index contributed by atoms with van der Waals surface area (Å²) < 4.78 is 26.5. The van der Waals surface area contributed by atoms with Gasteiger partial charge in [0, 0.05) is 12.4 Å². The molecule has 0 unspecified atom stereocenters. The smallest absolute Gasteiger partial charge is 0.214 e. The maximum absolute atomic E-state index is 11.9. The number of unbranched alkanes of at least 4 members (excludes halogenated alkanes) is 2. The van der Waals surface area contributed by atoms with E-state index in [0.29, 0.717) is 12.4 Å². The first kappa shape index (κ1) is 14.3. The van der Waals surface area contributed by atoms with Crippen molar-refractivity contribution in [1.82, 2.24) is 4.72 Å². The van der Waals surface area contributed by atoms with E-state index in [1.165, 1.54) is 6.42 Å². The van der Waals surface area contributed by atoms with Crippen LogP contribution in [-0.4, -0.2) is 26.1 Å². The second kappa shape index (κ2) is 7.51. The first-order chi connectivity index (χ1) is 7.67. The van der Waals surface area contributed by atoms with Crippen molar-refractivity contribution >= 4 is 21.6 Å². The summed E-state index contributed by atoms with van der Waals surface area (Å²) in [5.74, 6) is 0.662. The molecule has 1 fully saturated rings. The highest BCUT2D eigenvalue weighted by molar-refractivity contribution is 7.90. The van der Waals surface area contributed by atoms with Crippen molar-refractivity contribution in [2.24, 2.45) is 0 Å². The number of nitrogens with one attached hydrogen (secondary N) is 1. The molecule has 1 aliphatic rings. The lowest BCUT2D eigenvalue weighted by molar-refractivity contribution is 0.476. The van der Waals surface area contributed by atoms with Crippen molar-refractivity contribution in [2.45, 2.75) is 56.6 Å². The highest BCUT2D eigenvalue weighted by Gasteiger charge is 2.26. The van der Waals surface area contributed by atoms with Crippen LogP contribution < -0.4 is 4.72 Å². The van der Waals surface area contributed by atoms with Crippen LogP contribution in [0.2, 0.25) is 0 Å². The third-order valence-corrected chi connectivity index (χ3v) is 5.33. The summed E-state index contributed by atoms with van der Waals surface area (Å²) >= 11 is 5.55. The number of alkyl halides is 1. The van der Waals surface area contributed by atoms with Crippen molar-refractivity contribution in [1.29, 1.82) is 0 Å². The number of sulfonamides is 1. The summed E-state index contributed by atoms with van der Waals surface area (Å²) in [6.07, 6.45) is 7.80. The van der Waals surface area contributed by atoms with Crippen LogP contribution in [0, 0.1) is 0 Å². The normalized spacial score (nSPS) is 18.8. The van der Waals surface area contributed by atoms with Crippen molar-refractivity contribution in [2.75, 3.05) is 12.4 Å². The Kier molecular flexibility index (Phi) is 6.70. The summed E-state index contributed by atoms with van der Waals surface area (Å²) in [4.78, 5) is 0. The van der Waals surface area contributed by atoms with Gasteiger partial charge in [0.2, 0.25) is 10.0 Å². The van der Waals surface area contributed by atoms with Gasteiger partial charge in [-0.15, -0.1) is 11.6 Å². The zero-order valence-corrected chi connectivity index (χ0v) is 11.3. The van der Waals surface area contributed by atoms with Gasteiger partial charge < -0.3 is 0 Å². The largest absolute Gasteiger partial charge is 0.215 e. The molecule has 16 heavy (non-hydrogen) atoms. The number of halogens is 1. The molecule has 96 valence electrons. The first-order valence-corrected chi connectivity index (χ1v) is 8.29. The fourth-order valence-corrected chi connectivity index (χ4v) is 3.91. The summed E-state index contributed by atoms with van der Waals surface area (Å²) in [5.41, 5.74) is 0. The third-order valence-electron chi connectivity index (χ3n) is 3.10. The van der Waals surface area contributed by atoms with Gasteiger partial charge in [-0.1, -0.05) is 25.7 Å². The van der Waals surface area contributed by atoms with Crippen LogP contribution in [0.3, 0.4) is 0 Å². The van der Waals surface area contributed by atoms with Gasteiger partial charge in [0.15, 0.2) is 0 Å². The van der Waals surface area contributed by atoms with Crippen LogP contribution in [0.15, 0.2) is 0 Å². The molecule has 0 saturated heterocycles. The number of rotatable bonds is 7. The number of hydrogen-bond donors (Lipinski definition) is 1. The third kappa shape index (κ3) is 5.02. The second-order valence-corrected chi connectivity index (χ2v) is 6.87. The maximum atomic E-state index is 11.9. The zero-order valence-electron chi connectivity index (χ0n) is 9.75. The van der Waals surface area contributed by atoms with Gasteiger partial charge in [-0.25, -0.2) is 13.1 Å². The van der Waals surface area contributed by atoms with E-state index in [4.69, 9.17) is 11.6 Å². The highest BCUT2D eigenvalue weighted by Crippen LogP contribution is 2.22. The number of hydrogen-bond acceptors (Lipinski definition) is 2. The molecule has 5 heteroatoms. The van der Waals surface area contributed by atoms with Crippen molar-refractivity contribution in [3.8, 4) is 0 Å². The van der Waals surface area contributed by atoms with Crippen LogP contribution in [0.4, 0.5) is 0 Å². The molecule has 1 saturated carbocycles. The minimum atomic E-state index is -3.05. The van der Waals surface area contributed by atoms with Gasteiger partial charge in [0.1, 0.15) is 0 Å². The standard InChI is InChI=1S/C11H22ClNO2S/c12-9-5-2-6-10-13-16(14,15)11-7-3-1-4-8-11/h11,13H,1-10H2. The van der Waals surface area contributed by atoms with Gasteiger partial charge in [0.25, 0.3) is 0 Å². The molecular weight excluding hydrogens is 246 g/mol. The Bertz CT molecular complexity index is 274. The summed E-state index contributed by atoms with van der Waals surface area (Å²) in [6.45, 7) is 0.565. The van der Waals surface area contributed by atoms with Gasteiger partial charge in [0.05, 0.1) is 5.25 Å². The van der Waals surface area contributed by atoms with Crippen molar-refractivity contribution in [3.05, 3.63) is 0 Å². The Hall–Kier alpha value is 0.200. The molecule has 1 rings (SSSR count). The molecule has 0 spiro atoms. The lowest BCUT2D eigenvalue weighted by Gasteiger charge is -2.21. The molecule has 3 nitrogen and oxygen atoms in total. The molecule has 0 aromatic heterocycles. The van der Waals surface area contributed by atoms with E-state index in [1.54, 1.807) is 0 Å². The van der Waals surface area contributed by atoms with E-state index in [1.807, 2.05) is 0 Å². The molecule has 0 aromatic rings. The summed E-state index contributed by atoms with van der Waals surface area (Å²) in [6, 6.07) is 0. The van der Waals surface area contributed by atoms with Crippen LogP contribution in [0.1, 0.15) is 51.4 Å². The maximum Gasteiger partial charge on any atom is 0.214 e. The molecule has 0 aromatic carbocycles. The minimum Gasteiger partial charge on any atom is -0.215 e. The van der Waals surface area contributed by atoms with Crippen molar-refractivity contribution < 1.29 is 8.42 Å². The monoisotopic (exact) mass is 267 g/mol. The van der Waals surface area contributed by atoms with Gasteiger partial charge in [-0.3, -0.25) is 0 Å². The highest BCUT2D eigenvalue weighted by atomic mass is 35.5. The van der Waals surface area contributed by atoms with Gasteiger partial charge >= 0.3 is 0 Å². The quantitative estimate of drug-likeness (QED) is 0.569. The van der Waals surface area contributed by atoms with Gasteiger partial charge in [-0.05, 0) is 25.7 Å². The van der Waals surface area contributed by atoms with E-state index < -0.39 is 10.0 Å². The predicted octanol–water partition coefficient (Wildman–Crippen LogP) is 2.65. The minimum absolute atomic E-state index is 0.144. The van der Waals surface area contributed by atoms with Crippen LogP contribution in [-0.2, 0) is 10.0 Å². The Balaban J connectivity index is 2.22. The van der Waals surface area contributed by atoms with Crippen LogP contribution in [0.25, 0.3) is 0 Å². The molecule has 1 aliphatic carbocycles. The Morgan fingerprint density at radius 1 is 1.06 bits per heavy atom. The fraction of sp³-hybridized carbons (Fsp3) is 1.00.